The van der Waals surface area contributed by atoms with Crippen LogP contribution in [0.25, 0.3) is 6.08 Å². The maximum atomic E-state index is 13.7. The molecule has 6 heteroatoms. The average molecular weight is 473 g/mol. The van der Waals surface area contributed by atoms with Gasteiger partial charge in [-0.3, -0.25) is 4.79 Å². The van der Waals surface area contributed by atoms with E-state index in [1.54, 1.807) is 24.3 Å². The van der Waals surface area contributed by atoms with Gasteiger partial charge >= 0.3 is 0 Å². The van der Waals surface area contributed by atoms with Crippen LogP contribution in [0.3, 0.4) is 0 Å². The van der Waals surface area contributed by atoms with Gasteiger partial charge in [0.2, 0.25) is 0 Å². The van der Waals surface area contributed by atoms with Gasteiger partial charge in [0.25, 0.3) is 5.91 Å². The largest absolute Gasteiger partial charge is 0.483 e. The van der Waals surface area contributed by atoms with Crippen LogP contribution >= 0.6 is 0 Å². The summed E-state index contributed by atoms with van der Waals surface area (Å²) in [6.45, 7) is 1.78. The number of carbonyl (C=O) groups is 1. The summed E-state index contributed by atoms with van der Waals surface area (Å²) in [7, 11) is 0. The van der Waals surface area contributed by atoms with Gasteiger partial charge in [0, 0.05) is 5.92 Å². The van der Waals surface area contributed by atoms with E-state index in [0.29, 0.717) is 5.75 Å². The van der Waals surface area contributed by atoms with E-state index >= 15 is 0 Å². The summed E-state index contributed by atoms with van der Waals surface area (Å²) in [5, 5.41) is 6.31. The van der Waals surface area contributed by atoms with Crippen molar-refractivity contribution in [3.05, 3.63) is 107 Å². The van der Waals surface area contributed by atoms with Crippen molar-refractivity contribution in [2.75, 3.05) is 6.61 Å². The highest BCUT2D eigenvalue weighted by atomic mass is 19.1. The topological polar surface area (TPSA) is 41.9 Å². The lowest BCUT2D eigenvalue weighted by Crippen LogP contribution is -2.34. The molecule has 0 N–H and O–H groups in total. The van der Waals surface area contributed by atoms with E-state index in [-0.39, 0.29) is 36.1 Å². The molecule has 3 aromatic carbocycles. The number of fused-ring (bicyclic) bond motifs is 1. The van der Waals surface area contributed by atoms with Gasteiger partial charge in [-0.15, -0.1) is 0 Å². The van der Waals surface area contributed by atoms with Crippen molar-refractivity contribution < 1.29 is 18.3 Å². The molecule has 4 nitrogen and oxygen atoms in total. The van der Waals surface area contributed by atoms with Crippen LogP contribution in [0.4, 0.5) is 8.78 Å². The van der Waals surface area contributed by atoms with Gasteiger partial charge in [-0.05, 0) is 84.9 Å². The summed E-state index contributed by atoms with van der Waals surface area (Å²) in [5.41, 5.74) is 4.56. The molecule has 3 aromatic rings. The van der Waals surface area contributed by atoms with Crippen LogP contribution in [-0.2, 0) is 4.79 Å². The molecule has 2 unspecified atom stereocenters. The summed E-state index contributed by atoms with van der Waals surface area (Å²) < 4.78 is 32.9. The molecule has 178 valence electrons. The summed E-state index contributed by atoms with van der Waals surface area (Å²) in [6.07, 6.45) is 4.65. The molecular weight excluding hydrogens is 446 g/mol. The van der Waals surface area contributed by atoms with E-state index in [1.807, 2.05) is 37.3 Å². The molecule has 35 heavy (non-hydrogen) atoms. The zero-order chi connectivity index (χ0) is 24.4. The number of rotatable bonds is 5. The first-order chi connectivity index (χ1) is 17.0. The number of para-hydroxylation sites is 1. The van der Waals surface area contributed by atoms with Gasteiger partial charge in [0.05, 0.1) is 11.8 Å². The van der Waals surface area contributed by atoms with Crippen molar-refractivity contribution in [3.8, 4) is 5.75 Å². The number of ether oxygens (including phenoxy) is 1. The number of benzene rings is 3. The van der Waals surface area contributed by atoms with Crippen LogP contribution in [0.15, 0.2) is 83.5 Å². The van der Waals surface area contributed by atoms with Crippen LogP contribution < -0.4 is 4.74 Å². The highest BCUT2D eigenvalue weighted by Crippen LogP contribution is 2.44. The van der Waals surface area contributed by atoms with Crippen LogP contribution in [-0.4, -0.2) is 23.2 Å². The van der Waals surface area contributed by atoms with Gasteiger partial charge in [-0.2, -0.15) is 5.10 Å². The Morgan fingerprint density at radius 2 is 1.71 bits per heavy atom. The van der Waals surface area contributed by atoms with Crippen LogP contribution in [0.1, 0.15) is 42.0 Å². The first-order valence-corrected chi connectivity index (χ1v) is 11.8. The van der Waals surface area contributed by atoms with Gasteiger partial charge in [-0.1, -0.05) is 42.5 Å². The SMILES string of the molecule is Cc1ccccc1OCC(=O)N1N=C2/C(=C/c3ccc(F)cc3)CCCC2C1c1ccc(F)cc1. The monoisotopic (exact) mass is 472 g/mol. The minimum atomic E-state index is -0.338. The van der Waals surface area contributed by atoms with Crippen molar-refractivity contribution in [2.24, 2.45) is 11.0 Å². The van der Waals surface area contributed by atoms with Gasteiger partial charge in [-0.25, -0.2) is 13.8 Å². The van der Waals surface area contributed by atoms with Crippen molar-refractivity contribution in [1.29, 1.82) is 0 Å². The van der Waals surface area contributed by atoms with Gasteiger partial charge in [0.15, 0.2) is 6.61 Å². The first-order valence-electron chi connectivity index (χ1n) is 11.8. The molecule has 2 atom stereocenters. The molecule has 1 heterocycles. The quantitative estimate of drug-likeness (QED) is 0.427. The number of carbonyl (C=O) groups excluding carboxylic acids is 1. The van der Waals surface area contributed by atoms with E-state index in [4.69, 9.17) is 9.84 Å². The van der Waals surface area contributed by atoms with E-state index in [2.05, 4.69) is 0 Å². The summed E-state index contributed by atoms with van der Waals surface area (Å²) in [4.78, 5) is 13.4. The van der Waals surface area contributed by atoms with E-state index in [9.17, 15) is 13.6 Å². The van der Waals surface area contributed by atoms with Crippen molar-refractivity contribution in [3.63, 3.8) is 0 Å². The Labute approximate surface area is 203 Å². The molecule has 1 aliphatic heterocycles. The summed E-state index contributed by atoms with van der Waals surface area (Å²) in [5.74, 6) is -0.225. The Morgan fingerprint density at radius 1 is 1.03 bits per heavy atom. The number of amides is 1. The second-order valence-corrected chi connectivity index (χ2v) is 8.99. The first kappa shape index (κ1) is 23.0. The molecule has 1 saturated carbocycles. The maximum absolute atomic E-state index is 13.7. The number of nitrogens with zero attached hydrogens (tertiary/aromatic N) is 2. The molecule has 2 aliphatic rings. The average Bonchev–Trinajstić information content (AvgIpc) is 3.26. The summed E-state index contributed by atoms with van der Waals surface area (Å²) in [6, 6.07) is 19.8. The second kappa shape index (κ2) is 9.82. The Kier molecular flexibility index (Phi) is 6.45. The predicted octanol–water partition coefficient (Wildman–Crippen LogP) is 6.48. The normalized spacial score (nSPS) is 20.5. The molecule has 1 aliphatic carbocycles. The molecule has 0 bridgehead atoms. The van der Waals surface area contributed by atoms with E-state index < -0.39 is 0 Å². The zero-order valence-corrected chi connectivity index (χ0v) is 19.5. The highest BCUT2D eigenvalue weighted by molar-refractivity contribution is 6.08. The fourth-order valence-corrected chi connectivity index (χ4v) is 4.88. The highest BCUT2D eigenvalue weighted by Gasteiger charge is 2.43. The van der Waals surface area contributed by atoms with Crippen molar-refractivity contribution >= 4 is 17.7 Å². The van der Waals surface area contributed by atoms with Gasteiger partial charge in [0.1, 0.15) is 17.4 Å². The molecule has 0 saturated heterocycles. The number of allylic oxidation sites excluding steroid dienone is 1. The third kappa shape index (κ3) is 4.87. The molecular formula is C29H26F2N2O2. The number of hydrogen-bond donors (Lipinski definition) is 0. The lowest BCUT2D eigenvalue weighted by molar-refractivity contribution is -0.135. The van der Waals surface area contributed by atoms with Crippen LogP contribution in [0.5, 0.6) is 5.75 Å². The number of halogens is 2. The maximum Gasteiger partial charge on any atom is 0.281 e. The fraction of sp³-hybridized carbons (Fsp3) is 0.241. The van der Waals surface area contributed by atoms with Gasteiger partial charge < -0.3 is 4.74 Å². The van der Waals surface area contributed by atoms with E-state index in [0.717, 1.165) is 47.2 Å². The number of aryl methyl sites for hydroxylation is 1. The van der Waals surface area contributed by atoms with Crippen molar-refractivity contribution in [1.82, 2.24) is 5.01 Å². The number of hydrogen-bond acceptors (Lipinski definition) is 3. The second-order valence-electron chi connectivity index (χ2n) is 8.99. The van der Waals surface area contributed by atoms with Crippen molar-refractivity contribution in [2.45, 2.75) is 32.2 Å². The third-order valence-corrected chi connectivity index (χ3v) is 6.62. The molecule has 0 spiro atoms. The van der Waals surface area contributed by atoms with Crippen LogP contribution in [0, 0.1) is 24.5 Å². The predicted molar refractivity (Wildman–Crippen MR) is 132 cm³/mol. The molecule has 0 aromatic heterocycles. The third-order valence-electron chi connectivity index (χ3n) is 6.62. The lowest BCUT2D eigenvalue weighted by Gasteiger charge is -2.29. The number of hydrazone groups is 1. The summed E-state index contributed by atoms with van der Waals surface area (Å²) >= 11 is 0. The Bertz CT molecular complexity index is 1280. The minimum Gasteiger partial charge on any atom is -0.483 e. The van der Waals surface area contributed by atoms with E-state index in [1.165, 1.54) is 29.3 Å². The Hall–Kier alpha value is -3.80. The molecule has 1 amide bonds. The fourth-order valence-electron chi connectivity index (χ4n) is 4.88. The Morgan fingerprint density at radius 3 is 2.43 bits per heavy atom. The molecule has 1 fully saturated rings. The zero-order valence-electron chi connectivity index (χ0n) is 19.5. The molecule has 5 rings (SSSR count). The molecule has 0 radical (unpaired) electrons. The Balaban J connectivity index is 1.47. The lowest BCUT2D eigenvalue weighted by atomic mass is 9.77. The smallest absolute Gasteiger partial charge is 0.281 e. The standard InChI is InChI=1S/C29H26F2N2O2/c1-19-5-2-3-8-26(19)35-18-27(34)33-29(21-11-15-24(31)16-12-21)25-7-4-6-22(28(25)32-33)17-20-9-13-23(30)14-10-20/h2-3,5,8-17,25,29H,4,6-7,18H2,1H3/b22-17+. The van der Waals surface area contributed by atoms with Crippen LogP contribution in [0.2, 0.25) is 0 Å². The minimum absolute atomic E-state index is 0.0108.